The van der Waals surface area contributed by atoms with Crippen LogP contribution in [0.2, 0.25) is 0 Å². The Kier molecular flexibility index (Phi) is 6.48. The molecule has 1 unspecified atom stereocenters. The van der Waals surface area contributed by atoms with Gasteiger partial charge in [-0.2, -0.15) is 0 Å². The summed E-state index contributed by atoms with van der Waals surface area (Å²) < 4.78 is 2.61. The van der Waals surface area contributed by atoms with E-state index in [-0.39, 0.29) is 0 Å². The number of hydrogen-bond donors (Lipinski definition) is 0. The van der Waals surface area contributed by atoms with Gasteiger partial charge in [-0.05, 0) is 12.8 Å². The van der Waals surface area contributed by atoms with E-state index in [1.165, 1.54) is 0 Å². The summed E-state index contributed by atoms with van der Waals surface area (Å²) in [5.41, 5.74) is -0.719. The molecule has 0 rings (SSSR count). The second kappa shape index (κ2) is 6.18. The summed E-state index contributed by atoms with van der Waals surface area (Å²) in [6.07, 6.45) is 2.39. The van der Waals surface area contributed by atoms with Crippen LogP contribution in [0.25, 0.3) is 0 Å². The average molecular weight is 268 g/mol. The fourth-order valence-corrected chi connectivity index (χ4v) is 0.975. The van der Waals surface area contributed by atoms with Gasteiger partial charge >= 0.3 is 5.97 Å². The van der Waals surface area contributed by atoms with Crippen molar-refractivity contribution in [2.75, 3.05) is 0 Å². The third kappa shape index (κ3) is 6.67. The maximum atomic E-state index is 10.9. The lowest BCUT2D eigenvalue weighted by Gasteiger charge is -2.14. The first-order chi connectivity index (χ1) is 5.88. The predicted molar refractivity (Wildman–Crippen MR) is 55.5 cm³/mol. The van der Waals surface area contributed by atoms with Crippen LogP contribution in [0.3, 0.4) is 0 Å². The normalized spacial score (nSPS) is 13.9. The number of halogens is 4. The molecule has 0 aromatic carbocycles. The van der Waals surface area contributed by atoms with Gasteiger partial charge in [0.2, 0.25) is 0 Å². The van der Waals surface area contributed by atoms with Crippen molar-refractivity contribution in [3.63, 3.8) is 0 Å². The lowest BCUT2D eigenvalue weighted by atomic mass is 10.3. The molecule has 0 aliphatic rings. The number of hydrogen-bond acceptors (Lipinski definition) is 2. The van der Waals surface area contributed by atoms with Crippen molar-refractivity contribution < 1.29 is 9.53 Å². The molecule has 2 nitrogen and oxygen atoms in total. The number of esters is 1. The van der Waals surface area contributed by atoms with Gasteiger partial charge in [0.25, 0.3) is 3.79 Å². The minimum Gasteiger partial charge on any atom is -0.443 e. The number of ether oxygens (including phenoxy) is 1. The van der Waals surface area contributed by atoms with E-state index in [1.54, 1.807) is 0 Å². The van der Waals surface area contributed by atoms with Crippen molar-refractivity contribution in [3.05, 3.63) is 0 Å². The topological polar surface area (TPSA) is 26.3 Å². The largest absolute Gasteiger partial charge is 0.443 e. The standard InChI is InChI=1S/C7H10Cl4O2/c1-2-3-4-5(8)13-6(12)7(9,10)11/h5H,2-4H2,1H3. The van der Waals surface area contributed by atoms with E-state index < -0.39 is 15.3 Å². The van der Waals surface area contributed by atoms with E-state index in [0.29, 0.717) is 6.42 Å². The molecule has 0 saturated heterocycles. The molecule has 0 N–H and O–H groups in total. The van der Waals surface area contributed by atoms with Crippen LogP contribution >= 0.6 is 46.4 Å². The maximum Gasteiger partial charge on any atom is 0.360 e. The van der Waals surface area contributed by atoms with Crippen LogP contribution in [-0.2, 0) is 9.53 Å². The van der Waals surface area contributed by atoms with Crippen LogP contribution in [0.4, 0.5) is 0 Å². The highest BCUT2D eigenvalue weighted by Crippen LogP contribution is 2.28. The molecule has 0 amide bonds. The molecule has 0 bridgehead atoms. The van der Waals surface area contributed by atoms with E-state index in [0.717, 1.165) is 12.8 Å². The van der Waals surface area contributed by atoms with Crippen molar-refractivity contribution in [1.82, 2.24) is 0 Å². The van der Waals surface area contributed by atoms with Crippen LogP contribution in [-0.4, -0.2) is 15.3 Å². The molecule has 1 atom stereocenters. The molecular weight excluding hydrogens is 258 g/mol. The second-order valence-electron chi connectivity index (χ2n) is 2.46. The molecule has 0 aromatic heterocycles. The molecule has 0 saturated carbocycles. The molecule has 0 heterocycles. The predicted octanol–water partition coefficient (Wildman–Crippen LogP) is 3.65. The van der Waals surface area contributed by atoms with Gasteiger partial charge in [-0.1, -0.05) is 59.7 Å². The Morgan fingerprint density at radius 3 is 2.38 bits per heavy atom. The number of unbranched alkanes of at least 4 members (excludes halogenated alkanes) is 1. The van der Waals surface area contributed by atoms with Gasteiger partial charge in [0.05, 0.1) is 0 Å². The van der Waals surface area contributed by atoms with Crippen LogP contribution in [0.1, 0.15) is 26.2 Å². The summed E-state index contributed by atoms with van der Waals surface area (Å²) in [6, 6.07) is 0. The lowest BCUT2D eigenvalue weighted by Crippen LogP contribution is -2.25. The van der Waals surface area contributed by atoms with Crippen LogP contribution < -0.4 is 0 Å². The fraction of sp³-hybridized carbons (Fsp3) is 0.857. The van der Waals surface area contributed by atoms with Gasteiger partial charge in [0, 0.05) is 0 Å². The van der Waals surface area contributed by atoms with E-state index in [9.17, 15) is 4.79 Å². The minimum atomic E-state index is -2.04. The molecule has 0 spiro atoms. The fourth-order valence-electron chi connectivity index (χ4n) is 0.606. The van der Waals surface area contributed by atoms with Gasteiger partial charge in [0.15, 0.2) is 5.56 Å². The van der Waals surface area contributed by atoms with Gasteiger partial charge in [-0.3, -0.25) is 0 Å². The summed E-state index contributed by atoms with van der Waals surface area (Å²) in [6.45, 7) is 2.00. The molecular formula is C7H10Cl4O2. The van der Waals surface area contributed by atoms with E-state index >= 15 is 0 Å². The van der Waals surface area contributed by atoms with Crippen LogP contribution in [0, 0.1) is 0 Å². The van der Waals surface area contributed by atoms with Crippen molar-refractivity contribution in [2.45, 2.75) is 35.5 Å². The number of carbonyl (C=O) groups excluding carboxylic acids is 1. The highest BCUT2D eigenvalue weighted by molar-refractivity contribution is 6.75. The molecule has 0 aromatic rings. The molecule has 78 valence electrons. The third-order valence-corrected chi connectivity index (χ3v) is 2.02. The molecule has 0 aliphatic carbocycles. The molecule has 13 heavy (non-hydrogen) atoms. The van der Waals surface area contributed by atoms with E-state index in [4.69, 9.17) is 46.4 Å². The molecule has 0 aliphatic heterocycles. The van der Waals surface area contributed by atoms with Crippen LogP contribution in [0.5, 0.6) is 0 Å². The van der Waals surface area contributed by atoms with Crippen molar-refractivity contribution in [2.24, 2.45) is 0 Å². The first kappa shape index (κ1) is 13.6. The Balaban J connectivity index is 3.79. The zero-order valence-corrected chi connectivity index (χ0v) is 10.1. The van der Waals surface area contributed by atoms with Crippen molar-refractivity contribution in [1.29, 1.82) is 0 Å². The molecule has 6 heteroatoms. The highest BCUT2D eigenvalue weighted by Gasteiger charge is 2.34. The summed E-state index contributed by atoms with van der Waals surface area (Å²) in [5.74, 6) is -0.936. The summed E-state index contributed by atoms with van der Waals surface area (Å²) in [5, 5.41) is 0. The van der Waals surface area contributed by atoms with E-state index in [1.807, 2.05) is 6.92 Å². The minimum absolute atomic E-state index is 0.560. The number of alkyl halides is 4. The first-order valence-corrected chi connectivity index (χ1v) is 5.36. The Hall–Kier alpha value is 0.630. The summed E-state index contributed by atoms with van der Waals surface area (Å²) >= 11 is 21.4. The Morgan fingerprint density at radius 1 is 1.46 bits per heavy atom. The van der Waals surface area contributed by atoms with Crippen molar-refractivity contribution >= 4 is 52.4 Å². The second-order valence-corrected chi connectivity index (χ2v) is 5.22. The summed E-state index contributed by atoms with van der Waals surface area (Å²) in [7, 11) is 0. The van der Waals surface area contributed by atoms with Gasteiger partial charge in [0.1, 0.15) is 0 Å². The van der Waals surface area contributed by atoms with Gasteiger partial charge < -0.3 is 4.74 Å². The monoisotopic (exact) mass is 266 g/mol. The van der Waals surface area contributed by atoms with Gasteiger partial charge in [-0.15, -0.1) is 0 Å². The summed E-state index contributed by atoms with van der Waals surface area (Å²) in [4.78, 5) is 10.9. The molecule has 0 fully saturated rings. The number of rotatable bonds is 4. The Morgan fingerprint density at radius 2 is 2.00 bits per heavy atom. The highest BCUT2D eigenvalue weighted by atomic mass is 35.6. The smallest absolute Gasteiger partial charge is 0.360 e. The first-order valence-electron chi connectivity index (χ1n) is 3.79. The third-order valence-electron chi connectivity index (χ3n) is 1.25. The van der Waals surface area contributed by atoms with Crippen molar-refractivity contribution in [3.8, 4) is 0 Å². The zero-order chi connectivity index (χ0) is 10.5. The maximum absolute atomic E-state index is 10.9. The van der Waals surface area contributed by atoms with Crippen LogP contribution in [0.15, 0.2) is 0 Å². The van der Waals surface area contributed by atoms with Gasteiger partial charge in [-0.25, -0.2) is 4.79 Å². The SMILES string of the molecule is CCCCC(Cl)OC(=O)C(Cl)(Cl)Cl. The Bertz CT molecular complexity index is 166. The average Bonchev–Trinajstić information content (AvgIpc) is 1.99. The lowest BCUT2D eigenvalue weighted by molar-refractivity contribution is -0.144. The zero-order valence-electron chi connectivity index (χ0n) is 7.03. The molecule has 0 radical (unpaired) electrons. The Labute approximate surface area is 97.4 Å². The number of carbonyl (C=O) groups is 1. The quantitative estimate of drug-likeness (QED) is 0.574. The van der Waals surface area contributed by atoms with E-state index in [2.05, 4.69) is 4.74 Å².